The van der Waals surface area contributed by atoms with Gasteiger partial charge in [0.05, 0.1) is 4.90 Å². The minimum atomic E-state index is -3.52. The summed E-state index contributed by atoms with van der Waals surface area (Å²) >= 11 is 0. The maximum atomic E-state index is 13.0. The van der Waals surface area contributed by atoms with E-state index in [-0.39, 0.29) is 35.3 Å². The maximum absolute atomic E-state index is 13.0. The van der Waals surface area contributed by atoms with E-state index in [9.17, 15) is 13.2 Å². The first-order valence-electron chi connectivity index (χ1n) is 7.97. The van der Waals surface area contributed by atoms with Crippen LogP contribution in [0.25, 0.3) is 0 Å². The maximum Gasteiger partial charge on any atom is 0.253 e. The van der Waals surface area contributed by atoms with Crippen molar-refractivity contribution in [2.45, 2.75) is 36.2 Å². The molecule has 2 aliphatic rings. The van der Waals surface area contributed by atoms with Crippen molar-refractivity contribution in [3.63, 3.8) is 0 Å². The predicted octanol–water partition coefficient (Wildman–Crippen LogP) is 1.33. The lowest BCUT2D eigenvalue weighted by Gasteiger charge is -2.27. The van der Waals surface area contributed by atoms with E-state index in [1.165, 1.54) is 4.90 Å². The van der Waals surface area contributed by atoms with Crippen molar-refractivity contribution in [3.05, 3.63) is 29.8 Å². The second kappa shape index (κ2) is 7.39. The SMILES string of the molecule is CN(C)C(=O)c1ccc(S(=O)(=O)N2C3CCNCC2CC3)cc1.Cl. The van der Waals surface area contributed by atoms with Crippen LogP contribution >= 0.6 is 12.4 Å². The Morgan fingerprint density at radius 1 is 1.12 bits per heavy atom. The lowest BCUT2D eigenvalue weighted by Crippen LogP contribution is -2.42. The number of nitrogens with one attached hydrogen (secondary N) is 1. The van der Waals surface area contributed by atoms with Crippen LogP contribution in [0.1, 0.15) is 29.6 Å². The minimum absolute atomic E-state index is 0. The number of hydrogen-bond acceptors (Lipinski definition) is 4. The van der Waals surface area contributed by atoms with Gasteiger partial charge in [0.2, 0.25) is 10.0 Å². The lowest BCUT2D eigenvalue weighted by molar-refractivity contribution is 0.0827. The molecule has 2 unspecified atom stereocenters. The Labute approximate surface area is 149 Å². The third-order valence-electron chi connectivity index (χ3n) is 4.67. The lowest BCUT2D eigenvalue weighted by atomic mass is 10.1. The number of carbonyl (C=O) groups excluding carboxylic acids is 1. The quantitative estimate of drug-likeness (QED) is 0.867. The third kappa shape index (κ3) is 3.44. The van der Waals surface area contributed by atoms with Crippen LogP contribution < -0.4 is 5.32 Å². The van der Waals surface area contributed by atoms with Crippen molar-refractivity contribution in [1.29, 1.82) is 0 Å². The van der Waals surface area contributed by atoms with E-state index in [1.54, 1.807) is 42.7 Å². The van der Waals surface area contributed by atoms with Crippen LogP contribution in [-0.2, 0) is 10.0 Å². The van der Waals surface area contributed by atoms with Gasteiger partial charge in [0, 0.05) is 38.3 Å². The summed E-state index contributed by atoms with van der Waals surface area (Å²) in [7, 11) is -0.165. The molecule has 6 nitrogen and oxygen atoms in total. The van der Waals surface area contributed by atoms with Crippen molar-refractivity contribution in [2.75, 3.05) is 27.2 Å². The Hall–Kier alpha value is -1.15. The molecule has 0 saturated carbocycles. The number of carbonyl (C=O) groups is 1. The summed E-state index contributed by atoms with van der Waals surface area (Å²) in [6.45, 7) is 1.58. The monoisotopic (exact) mass is 373 g/mol. The first-order chi connectivity index (χ1) is 10.9. The van der Waals surface area contributed by atoms with E-state index < -0.39 is 10.0 Å². The van der Waals surface area contributed by atoms with Crippen molar-refractivity contribution >= 4 is 28.3 Å². The fourth-order valence-electron chi connectivity index (χ4n) is 3.48. The Bertz CT molecular complexity index is 677. The van der Waals surface area contributed by atoms with E-state index in [4.69, 9.17) is 0 Å². The smallest absolute Gasteiger partial charge is 0.253 e. The zero-order chi connectivity index (χ0) is 16.6. The van der Waals surface area contributed by atoms with Gasteiger partial charge in [-0.1, -0.05) is 0 Å². The summed E-state index contributed by atoms with van der Waals surface area (Å²) in [6, 6.07) is 6.40. The molecule has 1 aromatic carbocycles. The molecule has 2 fully saturated rings. The van der Waals surface area contributed by atoms with Gasteiger partial charge in [0.1, 0.15) is 0 Å². The van der Waals surface area contributed by atoms with Crippen LogP contribution in [0.3, 0.4) is 0 Å². The highest BCUT2D eigenvalue weighted by Crippen LogP contribution is 2.33. The molecule has 1 N–H and O–H groups in total. The molecular formula is C16H24ClN3O3S. The standard InChI is InChI=1S/C16H23N3O3S.ClH/c1-18(2)16(20)12-3-7-15(8-4-12)23(21,22)19-13-5-6-14(19)11-17-10-9-13;/h3-4,7-8,13-14,17H,5-6,9-11H2,1-2H3;1H. The molecular weight excluding hydrogens is 350 g/mol. The van der Waals surface area contributed by atoms with Gasteiger partial charge in [-0.25, -0.2) is 8.42 Å². The van der Waals surface area contributed by atoms with Crippen molar-refractivity contribution in [3.8, 4) is 0 Å². The molecule has 0 aliphatic carbocycles. The summed E-state index contributed by atoms with van der Waals surface area (Å²) < 4.78 is 27.7. The number of halogens is 1. The molecule has 134 valence electrons. The second-order valence-corrected chi connectivity index (χ2v) is 8.28. The van der Waals surface area contributed by atoms with Gasteiger partial charge in [0.25, 0.3) is 5.91 Å². The third-order valence-corrected chi connectivity index (χ3v) is 6.69. The zero-order valence-electron chi connectivity index (χ0n) is 13.9. The predicted molar refractivity (Wildman–Crippen MR) is 95.0 cm³/mol. The van der Waals surface area contributed by atoms with Crippen molar-refractivity contribution in [2.24, 2.45) is 0 Å². The van der Waals surface area contributed by atoms with Crippen molar-refractivity contribution < 1.29 is 13.2 Å². The first kappa shape index (κ1) is 19.2. The highest BCUT2D eigenvalue weighted by Gasteiger charge is 2.42. The average Bonchev–Trinajstić information content (AvgIpc) is 2.80. The molecule has 2 heterocycles. The Balaban J connectivity index is 0.00000208. The highest BCUT2D eigenvalue weighted by molar-refractivity contribution is 7.89. The summed E-state index contributed by atoms with van der Waals surface area (Å²) in [4.78, 5) is 13.7. The summed E-state index contributed by atoms with van der Waals surface area (Å²) in [5, 5.41) is 3.31. The first-order valence-corrected chi connectivity index (χ1v) is 9.41. The van der Waals surface area contributed by atoms with Gasteiger partial charge in [-0.2, -0.15) is 4.31 Å². The summed E-state index contributed by atoms with van der Waals surface area (Å²) in [5.41, 5.74) is 0.495. The van der Waals surface area contributed by atoms with Gasteiger partial charge < -0.3 is 10.2 Å². The second-order valence-electron chi connectivity index (χ2n) is 6.44. The van der Waals surface area contributed by atoms with Crippen LogP contribution in [-0.4, -0.2) is 62.8 Å². The Kier molecular flexibility index (Phi) is 5.91. The number of sulfonamides is 1. The molecule has 24 heavy (non-hydrogen) atoms. The molecule has 3 rings (SSSR count). The van der Waals surface area contributed by atoms with Gasteiger partial charge in [0.15, 0.2) is 0 Å². The molecule has 0 aromatic heterocycles. The van der Waals surface area contributed by atoms with E-state index >= 15 is 0 Å². The highest BCUT2D eigenvalue weighted by atomic mass is 35.5. The zero-order valence-corrected chi connectivity index (χ0v) is 15.6. The van der Waals surface area contributed by atoms with Gasteiger partial charge in [-0.3, -0.25) is 4.79 Å². The van der Waals surface area contributed by atoms with Crippen molar-refractivity contribution in [1.82, 2.24) is 14.5 Å². The van der Waals surface area contributed by atoms with Crippen LogP contribution in [0.4, 0.5) is 0 Å². The molecule has 0 radical (unpaired) electrons. The fourth-order valence-corrected chi connectivity index (χ4v) is 5.38. The number of benzene rings is 1. The van der Waals surface area contributed by atoms with E-state index in [0.29, 0.717) is 12.1 Å². The molecule has 2 saturated heterocycles. The fraction of sp³-hybridized carbons (Fsp3) is 0.562. The molecule has 2 atom stereocenters. The number of fused-ring (bicyclic) bond motifs is 2. The Morgan fingerprint density at radius 3 is 2.38 bits per heavy atom. The largest absolute Gasteiger partial charge is 0.345 e. The van der Waals surface area contributed by atoms with E-state index in [1.807, 2.05) is 0 Å². The molecule has 1 aromatic rings. The molecule has 2 bridgehead atoms. The van der Waals surface area contributed by atoms with Crippen LogP contribution in [0.2, 0.25) is 0 Å². The number of amides is 1. The summed E-state index contributed by atoms with van der Waals surface area (Å²) in [5.74, 6) is -0.131. The number of hydrogen-bond donors (Lipinski definition) is 1. The molecule has 2 aliphatic heterocycles. The number of rotatable bonds is 3. The van der Waals surface area contributed by atoms with Gasteiger partial charge in [-0.15, -0.1) is 12.4 Å². The molecule has 0 spiro atoms. The molecule has 1 amide bonds. The van der Waals surface area contributed by atoms with Crippen LogP contribution in [0.5, 0.6) is 0 Å². The van der Waals surface area contributed by atoms with Crippen LogP contribution in [0, 0.1) is 0 Å². The van der Waals surface area contributed by atoms with Gasteiger partial charge in [-0.05, 0) is 50.1 Å². The topological polar surface area (TPSA) is 69.7 Å². The Morgan fingerprint density at radius 2 is 1.75 bits per heavy atom. The number of nitrogens with zero attached hydrogens (tertiary/aromatic N) is 2. The van der Waals surface area contributed by atoms with E-state index in [0.717, 1.165) is 25.8 Å². The minimum Gasteiger partial charge on any atom is -0.345 e. The van der Waals surface area contributed by atoms with Gasteiger partial charge >= 0.3 is 0 Å². The normalized spacial score (nSPS) is 24.1. The van der Waals surface area contributed by atoms with E-state index in [2.05, 4.69) is 5.32 Å². The molecule has 8 heteroatoms. The average molecular weight is 374 g/mol. The van der Waals surface area contributed by atoms with Crippen LogP contribution in [0.15, 0.2) is 29.2 Å². The summed E-state index contributed by atoms with van der Waals surface area (Å²) in [6.07, 6.45) is 2.70.